The van der Waals surface area contributed by atoms with Crippen molar-refractivity contribution in [3.05, 3.63) is 29.8 Å². The Morgan fingerprint density at radius 3 is 2.85 bits per heavy atom. The number of amides is 3. The predicted octanol–water partition coefficient (Wildman–Crippen LogP) is 0.777. The summed E-state index contributed by atoms with van der Waals surface area (Å²) in [4.78, 5) is 40.5. The van der Waals surface area contributed by atoms with E-state index in [1.165, 1.54) is 0 Å². The molecule has 0 spiro atoms. The van der Waals surface area contributed by atoms with E-state index in [4.69, 9.17) is 10.5 Å². The van der Waals surface area contributed by atoms with E-state index in [2.05, 4.69) is 0 Å². The largest absolute Gasteiger partial charge is 0.381 e. The SMILES string of the molecule is NC(=O)[C@]12CCOC[C@H]1CN(C(=O)c1cccc(N3CCCC3=O)c1)C2. The van der Waals surface area contributed by atoms with Crippen molar-refractivity contribution in [2.24, 2.45) is 17.1 Å². The van der Waals surface area contributed by atoms with E-state index in [0.29, 0.717) is 51.3 Å². The lowest BCUT2D eigenvalue weighted by molar-refractivity contribution is -0.135. The summed E-state index contributed by atoms with van der Waals surface area (Å²) in [7, 11) is 0. The first-order valence-electron chi connectivity index (χ1n) is 9.09. The molecule has 0 radical (unpaired) electrons. The van der Waals surface area contributed by atoms with Crippen LogP contribution in [0.5, 0.6) is 0 Å². The first-order chi connectivity index (χ1) is 12.5. The highest BCUT2D eigenvalue weighted by Crippen LogP contribution is 2.42. The van der Waals surface area contributed by atoms with Crippen LogP contribution in [0.15, 0.2) is 24.3 Å². The van der Waals surface area contributed by atoms with E-state index in [1.54, 1.807) is 28.0 Å². The van der Waals surface area contributed by atoms with Crippen molar-refractivity contribution in [1.29, 1.82) is 0 Å². The topological polar surface area (TPSA) is 92.9 Å². The van der Waals surface area contributed by atoms with Crippen LogP contribution in [0, 0.1) is 11.3 Å². The van der Waals surface area contributed by atoms with Gasteiger partial charge in [0.1, 0.15) is 0 Å². The molecule has 0 aromatic heterocycles. The van der Waals surface area contributed by atoms with E-state index in [0.717, 1.165) is 12.1 Å². The zero-order valence-electron chi connectivity index (χ0n) is 14.6. The lowest BCUT2D eigenvalue weighted by Crippen LogP contribution is -2.48. The fourth-order valence-corrected chi connectivity index (χ4v) is 4.42. The van der Waals surface area contributed by atoms with Gasteiger partial charge in [-0.25, -0.2) is 0 Å². The van der Waals surface area contributed by atoms with Gasteiger partial charge in [0, 0.05) is 49.8 Å². The van der Waals surface area contributed by atoms with Crippen LogP contribution in [-0.2, 0) is 14.3 Å². The molecular formula is C19H23N3O4. The first kappa shape index (κ1) is 17.0. The Hall–Kier alpha value is -2.41. The van der Waals surface area contributed by atoms with Gasteiger partial charge in [0.2, 0.25) is 11.8 Å². The first-order valence-corrected chi connectivity index (χ1v) is 9.09. The maximum atomic E-state index is 13.0. The van der Waals surface area contributed by atoms with Crippen LogP contribution in [0.25, 0.3) is 0 Å². The Morgan fingerprint density at radius 2 is 2.15 bits per heavy atom. The van der Waals surface area contributed by atoms with E-state index in [-0.39, 0.29) is 23.6 Å². The third kappa shape index (κ3) is 2.67. The number of likely N-dealkylation sites (tertiary alicyclic amines) is 1. The quantitative estimate of drug-likeness (QED) is 0.865. The summed E-state index contributed by atoms with van der Waals surface area (Å²) in [6.45, 7) is 2.43. The molecule has 1 aromatic rings. The molecule has 2 atom stereocenters. The Morgan fingerprint density at radius 1 is 1.31 bits per heavy atom. The van der Waals surface area contributed by atoms with E-state index in [9.17, 15) is 14.4 Å². The molecule has 0 aliphatic carbocycles. The average Bonchev–Trinajstić information content (AvgIpc) is 3.25. The molecule has 138 valence electrons. The maximum absolute atomic E-state index is 13.0. The van der Waals surface area contributed by atoms with Crippen LogP contribution in [0.4, 0.5) is 5.69 Å². The molecule has 3 amide bonds. The molecule has 1 aromatic carbocycles. The van der Waals surface area contributed by atoms with Crippen molar-refractivity contribution in [2.75, 3.05) is 37.7 Å². The number of rotatable bonds is 3. The maximum Gasteiger partial charge on any atom is 0.253 e. The van der Waals surface area contributed by atoms with Crippen LogP contribution >= 0.6 is 0 Å². The minimum atomic E-state index is -0.684. The normalized spacial score (nSPS) is 28.3. The number of nitrogens with two attached hydrogens (primary N) is 1. The van der Waals surface area contributed by atoms with Crippen LogP contribution in [0.1, 0.15) is 29.6 Å². The summed E-state index contributed by atoms with van der Waals surface area (Å²) >= 11 is 0. The number of nitrogens with zero attached hydrogens (tertiary/aromatic N) is 2. The molecule has 7 heteroatoms. The second-order valence-electron chi connectivity index (χ2n) is 7.43. The molecular weight excluding hydrogens is 334 g/mol. The molecule has 0 bridgehead atoms. The van der Waals surface area contributed by atoms with E-state index >= 15 is 0 Å². The minimum absolute atomic E-state index is 0.0546. The molecule has 4 rings (SSSR count). The Balaban J connectivity index is 1.57. The monoisotopic (exact) mass is 357 g/mol. The standard InChI is InChI=1S/C19H23N3O4/c20-18(25)19-6-8-26-11-14(19)10-21(12-19)17(24)13-3-1-4-15(9-13)22-7-2-5-16(22)23/h1,3-4,9,14H,2,5-8,10-12H2,(H2,20,25)/t14-,19+/m1/s1. The van der Waals surface area contributed by atoms with Crippen molar-refractivity contribution in [3.8, 4) is 0 Å². The second kappa shape index (κ2) is 6.39. The van der Waals surface area contributed by atoms with Gasteiger partial charge in [-0.05, 0) is 31.0 Å². The molecule has 3 aliphatic rings. The van der Waals surface area contributed by atoms with Gasteiger partial charge in [-0.15, -0.1) is 0 Å². The highest BCUT2D eigenvalue weighted by atomic mass is 16.5. The summed E-state index contributed by atoms with van der Waals surface area (Å²) in [6.07, 6.45) is 1.94. The van der Waals surface area contributed by atoms with Gasteiger partial charge in [-0.2, -0.15) is 0 Å². The van der Waals surface area contributed by atoms with Gasteiger partial charge in [0.25, 0.3) is 5.91 Å². The molecule has 3 aliphatic heterocycles. The van der Waals surface area contributed by atoms with Crippen LogP contribution in [0.2, 0.25) is 0 Å². The molecule has 7 nitrogen and oxygen atoms in total. The number of carbonyl (C=O) groups excluding carboxylic acids is 3. The zero-order chi connectivity index (χ0) is 18.3. The molecule has 3 saturated heterocycles. The van der Waals surface area contributed by atoms with Gasteiger partial charge in [-0.3, -0.25) is 14.4 Å². The van der Waals surface area contributed by atoms with Gasteiger partial charge >= 0.3 is 0 Å². The lowest BCUT2D eigenvalue weighted by atomic mass is 9.74. The summed E-state index contributed by atoms with van der Waals surface area (Å²) in [6, 6.07) is 7.16. The number of fused-ring (bicyclic) bond motifs is 1. The van der Waals surface area contributed by atoms with Crippen molar-refractivity contribution >= 4 is 23.4 Å². The fraction of sp³-hybridized carbons (Fsp3) is 0.526. The predicted molar refractivity (Wildman–Crippen MR) is 94.5 cm³/mol. The summed E-state index contributed by atoms with van der Waals surface area (Å²) < 4.78 is 5.50. The van der Waals surface area contributed by atoms with Crippen molar-refractivity contribution < 1.29 is 19.1 Å². The van der Waals surface area contributed by atoms with Crippen molar-refractivity contribution in [1.82, 2.24) is 4.90 Å². The zero-order valence-corrected chi connectivity index (χ0v) is 14.6. The highest BCUT2D eigenvalue weighted by Gasteiger charge is 2.53. The average molecular weight is 357 g/mol. The van der Waals surface area contributed by atoms with Gasteiger partial charge in [0.05, 0.1) is 12.0 Å². The van der Waals surface area contributed by atoms with Crippen molar-refractivity contribution in [3.63, 3.8) is 0 Å². The number of primary amides is 1. The van der Waals surface area contributed by atoms with E-state index in [1.807, 2.05) is 6.07 Å². The lowest BCUT2D eigenvalue weighted by Gasteiger charge is -2.34. The van der Waals surface area contributed by atoms with Gasteiger partial charge in [0.15, 0.2) is 0 Å². The van der Waals surface area contributed by atoms with Gasteiger partial charge < -0.3 is 20.3 Å². The van der Waals surface area contributed by atoms with E-state index < -0.39 is 5.41 Å². The summed E-state index contributed by atoms with van der Waals surface area (Å²) in [5.41, 5.74) is 6.29. The van der Waals surface area contributed by atoms with Crippen LogP contribution in [-0.4, -0.2) is 55.5 Å². The minimum Gasteiger partial charge on any atom is -0.381 e. The third-order valence-corrected chi connectivity index (χ3v) is 5.96. The number of hydrogen-bond donors (Lipinski definition) is 1. The number of ether oxygens (including phenoxy) is 1. The van der Waals surface area contributed by atoms with Crippen LogP contribution in [0.3, 0.4) is 0 Å². The molecule has 0 unspecified atom stereocenters. The smallest absolute Gasteiger partial charge is 0.253 e. The Kier molecular flexibility index (Phi) is 4.19. The number of hydrogen-bond acceptors (Lipinski definition) is 4. The molecule has 3 heterocycles. The van der Waals surface area contributed by atoms with Gasteiger partial charge in [-0.1, -0.05) is 6.07 Å². The Bertz CT molecular complexity index is 765. The van der Waals surface area contributed by atoms with Crippen molar-refractivity contribution in [2.45, 2.75) is 19.3 Å². The summed E-state index contributed by atoms with van der Waals surface area (Å²) in [5, 5.41) is 0. The fourth-order valence-electron chi connectivity index (χ4n) is 4.42. The number of anilines is 1. The number of benzene rings is 1. The molecule has 3 fully saturated rings. The third-order valence-electron chi connectivity index (χ3n) is 5.96. The van der Waals surface area contributed by atoms with Crippen LogP contribution < -0.4 is 10.6 Å². The molecule has 26 heavy (non-hydrogen) atoms. The highest BCUT2D eigenvalue weighted by molar-refractivity contribution is 5.99. The summed E-state index contributed by atoms with van der Waals surface area (Å²) in [5.74, 6) is -0.446. The second-order valence-corrected chi connectivity index (χ2v) is 7.43. The number of carbonyl (C=O) groups is 3. The Labute approximate surface area is 152 Å². The molecule has 2 N–H and O–H groups in total. The molecule has 0 saturated carbocycles.